The van der Waals surface area contributed by atoms with Crippen LogP contribution in [0.1, 0.15) is 90.5 Å². The number of carbonyl (C=O) groups is 1. The smallest absolute Gasteiger partial charge is 0.249 e. The molecule has 5 aliphatic carbocycles. The van der Waals surface area contributed by atoms with Crippen molar-refractivity contribution < 1.29 is 14.6 Å². The van der Waals surface area contributed by atoms with Crippen LogP contribution < -0.4 is 5.32 Å². The molecule has 1 saturated heterocycles. The zero-order chi connectivity index (χ0) is 24.9. The average molecular weight is 492 g/mol. The van der Waals surface area contributed by atoms with E-state index in [1.54, 1.807) is 0 Å². The highest BCUT2D eigenvalue weighted by Crippen LogP contribution is 2.87. The second-order valence-corrected chi connectivity index (χ2v) is 14.5. The topological polar surface area (TPSA) is 58.6 Å². The van der Waals surface area contributed by atoms with E-state index >= 15 is 0 Å². The zero-order valence-corrected chi connectivity index (χ0v) is 22.5. The first kappa shape index (κ1) is 23.7. The maximum absolute atomic E-state index is 13.0. The molecule has 4 heteroatoms. The summed E-state index contributed by atoms with van der Waals surface area (Å²) in [5.41, 5.74) is 2.58. The van der Waals surface area contributed by atoms with Crippen LogP contribution in [0.15, 0.2) is 30.3 Å². The third-order valence-electron chi connectivity index (χ3n) is 13.2. The number of aliphatic hydroxyl groups is 1. The molecule has 10 atom stereocenters. The van der Waals surface area contributed by atoms with Gasteiger partial charge in [-0.15, -0.1) is 0 Å². The van der Waals surface area contributed by atoms with E-state index in [1.807, 2.05) is 18.2 Å². The lowest BCUT2D eigenvalue weighted by atomic mass is 9.46. The maximum atomic E-state index is 13.0. The van der Waals surface area contributed by atoms with Gasteiger partial charge in [-0.2, -0.15) is 0 Å². The molecule has 6 aliphatic rings. The van der Waals surface area contributed by atoms with Gasteiger partial charge >= 0.3 is 0 Å². The SMILES string of the molecule is CC12CC[C@@]34CC35CC[C@H](O)C(C)(C)C5CCC4C1CC1OC(C(=O)NCc3ccccc3)CCC12. The van der Waals surface area contributed by atoms with E-state index in [0.29, 0.717) is 34.6 Å². The minimum absolute atomic E-state index is 0.0561. The monoisotopic (exact) mass is 491 g/mol. The van der Waals surface area contributed by atoms with Gasteiger partial charge < -0.3 is 15.2 Å². The van der Waals surface area contributed by atoms with Crippen LogP contribution in [0, 0.1) is 45.3 Å². The lowest BCUT2D eigenvalue weighted by Gasteiger charge is -2.59. The minimum Gasteiger partial charge on any atom is -0.393 e. The lowest BCUT2D eigenvalue weighted by molar-refractivity contribution is -0.149. The van der Waals surface area contributed by atoms with Gasteiger partial charge in [0.2, 0.25) is 5.91 Å². The highest BCUT2D eigenvalue weighted by atomic mass is 16.5. The molecule has 36 heavy (non-hydrogen) atoms. The Bertz CT molecular complexity index is 1040. The quantitative estimate of drug-likeness (QED) is 0.556. The fourth-order valence-electron chi connectivity index (χ4n) is 11.3. The minimum atomic E-state index is -0.295. The summed E-state index contributed by atoms with van der Waals surface area (Å²) in [6.07, 6.45) is 12.0. The molecule has 2 N–H and O–H groups in total. The van der Waals surface area contributed by atoms with Crippen LogP contribution in [0.25, 0.3) is 0 Å². The number of ether oxygens (including phenoxy) is 1. The largest absolute Gasteiger partial charge is 0.393 e. The summed E-state index contributed by atoms with van der Waals surface area (Å²) in [6.45, 7) is 7.86. The van der Waals surface area contributed by atoms with E-state index in [0.717, 1.165) is 43.1 Å². The van der Waals surface area contributed by atoms with Crippen molar-refractivity contribution in [2.24, 2.45) is 45.3 Å². The molecule has 2 spiro atoms. The van der Waals surface area contributed by atoms with E-state index in [1.165, 1.54) is 38.5 Å². The summed E-state index contributed by atoms with van der Waals surface area (Å²) < 4.78 is 6.65. The standard InChI is InChI=1S/C32H45NO3/c1-29(2)26-12-10-21-23-17-25-22(9-11-24(36-25)28(35)33-18-20-7-5-4-6-8-20)30(23,3)15-16-31(21)19-32(26,31)14-13-27(29)34/h4-8,21-27,34H,9-19H2,1-3H3,(H,33,35)/t21?,22?,23?,24?,25?,26?,27-,30?,31-,32?/m0/s1. The van der Waals surface area contributed by atoms with Crippen LogP contribution >= 0.6 is 0 Å². The Hall–Kier alpha value is -1.39. The van der Waals surface area contributed by atoms with Crippen LogP contribution in [0.3, 0.4) is 0 Å². The van der Waals surface area contributed by atoms with Crippen molar-refractivity contribution in [3.8, 4) is 0 Å². The zero-order valence-electron chi connectivity index (χ0n) is 22.5. The Kier molecular flexibility index (Phi) is 5.15. The summed E-state index contributed by atoms with van der Waals surface area (Å²) in [4.78, 5) is 13.0. The molecule has 196 valence electrons. The van der Waals surface area contributed by atoms with E-state index < -0.39 is 0 Å². The number of rotatable bonds is 3. The molecule has 0 radical (unpaired) electrons. The fraction of sp³-hybridized carbons (Fsp3) is 0.781. The number of carbonyl (C=O) groups excluding carboxylic acids is 1. The van der Waals surface area contributed by atoms with E-state index in [2.05, 4.69) is 38.2 Å². The van der Waals surface area contributed by atoms with Crippen molar-refractivity contribution in [1.82, 2.24) is 5.32 Å². The van der Waals surface area contributed by atoms with Crippen molar-refractivity contribution in [2.45, 2.75) is 110 Å². The summed E-state index contributed by atoms with van der Waals surface area (Å²) in [5, 5.41) is 14.0. The predicted molar refractivity (Wildman–Crippen MR) is 140 cm³/mol. The molecule has 8 unspecified atom stereocenters. The van der Waals surface area contributed by atoms with Crippen molar-refractivity contribution in [3.05, 3.63) is 35.9 Å². The lowest BCUT2D eigenvalue weighted by Crippen LogP contribution is -2.54. The number of hydrogen-bond acceptors (Lipinski definition) is 3. The van der Waals surface area contributed by atoms with Crippen molar-refractivity contribution in [3.63, 3.8) is 0 Å². The Morgan fingerprint density at radius 2 is 1.72 bits per heavy atom. The Labute approximate surface area is 217 Å². The summed E-state index contributed by atoms with van der Waals surface area (Å²) in [7, 11) is 0. The van der Waals surface area contributed by atoms with Gasteiger partial charge in [0, 0.05) is 6.54 Å². The van der Waals surface area contributed by atoms with Crippen LogP contribution in [0.5, 0.6) is 0 Å². The molecule has 1 aromatic carbocycles. The Morgan fingerprint density at radius 1 is 0.944 bits per heavy atom. The van der Waals surface area contributed by atoms with Crippen LogP contribution in [-0.2, 0) is 16.1 Å². The van der Waals surface area contributed by atoms with Gasteiger partial charge in [0.1, 0.15) is 6.10 Å². The molecular weight excluding hydrogens is 446 g/mol. The van der Waals surface area contributed by atoms with E-state index in [-0.39, 0.29) is 29.6 Å². The third kappa shape index (κ3) is 3.04. The normalized spacial score (nSPS) is 50.1. The van der Waals surface area contributed by atoms with Gasteiger partial charge in [0.05, 0.1) is 12.2 Å². The second kappa shape index (κ2) is 7.82. The number of nitrogens with one attached hydrogen (secondary N) is 1. The van der Waals surface area contributed by atoms with Gasteiger partial charge in [-0.25, -0.2) is 0 Å². The van der Waals surface area contributed by atoms with Crippen molar-refractivity contribution in [2.75, 3.05) is 0 Å². The number of aliphatic hydroxyl groups excluding tert-OH is 1. The predicted octanol–water partition coefficient (Wildman–Crippen LogP) is 5.87. The van der Waals surface area contributed by atoms with Crippen LogP contribution in [0.4, 0.5) is 0 Å². The Balaban J connectivity index is 1.07. The van der Waals surface area contributed by atoms with Gasteiger partial charge in [0.15, 0.2) is 0 Å². The first-order chi connectivity index (χ1) is 17.2. The molecule has 5 saturated carbocycles. The molecule has 1 aromatic rings. The average Bonchev–Trinajstić information content (AvgIpc) is 3.46. The first-order valence-corrected chi connectivity index (χ1v) is 14.9. The van der Waals surface area contributed by atoms with Gasteiger partial charge in [-0.1, -0.05) is 51.1 Å². The molecule has 0 bridgehead atoms. The molecule has 4 nitrogen and oxygen atoms in total. The molecule has 1 heterocycles. The summed E-state index contributed by atoms with van der Waals surface area (Å²) in [5.74, 6) is 2.92. The van der Waals surface area contributed by atoms with Gasteiger partial charge in [-0.3, -0.25) is 4.79 Å². The van der Waals surface area contributed by atoms with E-state index in [9.17, 15) is 9.90 Å². The maximum Gasteiger partial charge on any atom is 0.249 e. The fourth-order valence-corrected chi connectivity index (χ4v) is 11.3. The van der Waals surface area contributed by atoms with Gasteiger partial charge in [-0.05, 0) is 115 Å². The summed E-state index contributed by atoms with van der Waals surface area (Å²) in [6, 6.07) is 10.2. The van der Waals surface area contributed by atoms with Crippen molar-refractivity contribution in [1.29, 1.82) is 0 Å². The first-order valence-electron chi connectivity index (χ1n) is 14.9. The highest BCUT2D eigenvalue weighted by molar-refractivity contribution is 5.80. The second-order valence-electron chi connectivity index (χ2n) is 14.5. The molecule has 1 aliphatic heterocycles. The number of benzene rings is 1. The number of fused-ring (bicyclic) bond motifs is 4. The Morgan fingerprint density at radius 3 is 2.53 bits per heavy atom. The third-order valence-corrected chi connectivity index (χ3v) is 13.2. The molecular formula is C32H45NO3. The molecule has 1 amide bonds. The molecule has 7 rings (SSSR count). The van der Waals surface area contributed by atoms with Crippen LogP contribution in [-0.4, -0.2) is 29.3 Å². The number of hydrogen-bond donors (Lipinski definition) is 2. The number of amides is 1. The molecule has 6 fully saturated rings. The summed E-state index contributed by atoms with van der Waals surface area (Å²) >= 11 is 0. The van der Waals surface area contributed by atoms with Gasteiger partial charge in [0.25, 0.3) is 0 Å². The van der Waals surface area contributed by atoms with E-state index in [4.69, 9.17) is 4.74 Å². The van der Waals surface area contributed by atoms with Crippen LogP contribution in [0.2, 0.25) is 0 Å². The van der Waals surface area contributed by atoms with Crippen molar-refractivity contribution >= 4 is 5.91 Å². The highest BCUT2D eigenvalue weighted by Gasteiger charge is 2.80. The molecule has 0 aromatic heterocycles.